The Labute approximate surface area is 173 Å². The number of halogens is 1. The van der Waals surface area contributed by atoms with Crippen LogP contribution in [0.15, 0.2) is 48.5 Å². The summed E-state index contributed by atoms with van der Waals surface area (Å²) in [6.07, 6.45) is 0. The van der Waals surface area contributed by atoms with E-state index in [4.69, 9.17) is 4.74 Å². The SMILES string of the molecule is Cc1cccc(OCC(=O)N2CCN(Cc3nnnn3-c3cccc(F)c3)CC2)c1. The summed E-state index contributed by atoms with van der Waals surface area (Å²) < 4.78 is 20.7. The van der Waals surface area contributed by atoms with Gasteiger partial charge in [0.25, 0.3) is 5.91 Å². The van der Waals surface area contributed by atoms with Gasteiger partial charge in [-0.25, -0.2) is 4.39 Å². The van der Waals surface area contributed by atoms with E-state index in [1.807, 2.05) is 36.1 Å². The predicted octanol–water partition coefficient (Wildman–Crippen LogP) is 1.83. The normalized spacial score (nSPS) is 14.7. The van der Waals surface area contributed by atoms with E-state index < -0.39 is 0 Å². The first-order valence-corrected chi connectivity index (χ1v) is 9.81. The van der Waals surface area contributed by atoms with Gasteiger partial charge < -0.3 is 9.64 Å². The van der Waals surface area contributed by atoms with Crippen LogP contribution in [0.3, 0.4) is 0 Å². The maximum absolute atomic E-state index is 13.5. The zero-order valence-electron chi connectivity index (χ0n) is 16.7. The van der Waals surface area contributed by atoms with E-state index in [1.54, 1.807) is 12.1 Å². The lowest BCUT2D eigenvalue weighted by Gasteiger charge is -2.34. The number of hydrogen-bond donors (Lipinski definition) is 0. The van der Waals surface area contributed by atoms with Gasteiger partial charge in [-0.2, -0.15) is 4.68 Å². The van der Waals surface area contributed by atoms with Gasteiger partial charge in [0, 0.05) is 26.2 Å². The van der Waals surface area contributed by atoms with Gasteiger partial charge in [-0.05, 0) is 53.2 Å². The van der Waals surface area contributed by atoms with Crippen LogP contribution in [0.4, 0.5) is 4.39 Å². The number of piperazine rings is 1. The van der Waals surface area contributed by atoms with Crippen molar-refractivity contribution in [3.8, 4) is 11.4 Å². The summed E-state index contributed by atoms with van der Waals surface area (Å²) >= 11 is 0. The smallest absolute Gasteiger partial charge is 0.260 e. The Bertz CT molecular complexity index is 1020. The van der Waals surface area contributed by atoms with E-state index in [0.717, 1.165) is 5.56 Å². The lowest BCUT2D eigenvalue weighted by molar-refractivity contribution is -0.135. The third kappa shape index (κ3) is 4.80. The Hall–Kier alpha value is -3.33. The first kappa shape index (κ1) is 20.0. The summed E-state index contributed by atoms with van der Waals surface area (Å²) in [6.45, 7) is 5.15. The van der Waals surface area contributed by atoms with E-state index >= 15 is 0 Å². The van der Waals surface area contributed by atoms with Crippen LogP contribution in [0.5, 0.6) is 5.75 Å². The van der Waals surface area contributed by atoms with E-state index in [9.17, 15) is 9.18 Å². The molecule has 1 aliphatic heterocycles. The van der Waals surface area contributed by atoms with Crippen LogP contribution in [-0.2, 0) is 11.3 Å². The van der Waals surface area contributed by atoms with Gasteiger partial charge in [-0.3, -0.25) is 9.69 Å². The van der Waals surface area contributed by atoms with Gasteiger partial charge in [0.15, 0.2) is 12.4 Å². The molecular formula is C21H23FN6O2. The van der Waals surface area contributed by atoms with E-state index in [2.05, 4.69) is 20.4 Å². The monoisotopic (exact) mass is 410 g/mol. The molecule has 0 radical (unpaired) electrons. The highest BCUT2D eigenvalue weighted by atomic mass is 19.1. The fourth-order valence-electron chi connectivity index (χ4n) is 3.41. The van der Waals surface area contributed by atoms with Crippen molar-refractivity contribution >= 4 is 5.91 Å². The second kappa shape index (κ2) is 9.00. The summed E-state index contributed by atoms with van der Waals surface area (Å²) in [5.74, 6) is 0.962. The third-order valence-electron chi connectivity index (χ3n) is 5.03. The van der Waals surface area contributed by atoms with Crippen molar-refractivity contribution in [3.05, 3.63) is 65.7 Å². The van der Waals surface area contributed by atoms with Gasteiger partial charge in [-0.1, -0.05) is 18.2 Å². The Morgan fingerprint density at radius 2 is 1.90 bits per heavy atom. The van der Waals surface area contributed by atoms with Crippen LogP contribution in [0, 0.1) is 12.7 Å². The van der Waals surface area contributed by atoms with Crippen molar-refractivity contribution in [1.29, 1.82) is 0 Å². The average molecular weight is 410 g/mol. The molecule has 2 heterocycles. The molecule has 2 aromatic carbocycles. The number of carbonyl (C=O) groups is 1. The molecule has 1 amide bonds. The molecule has 4 rings (SSSR count). The van der Waals surface area contributed by atoms with Crippen LogP contribution in [0.1, 0.15) is 11.4 Å². The largest absolute Gasteiger partial charge is 0.484 e. The first-order valence-electron chi connectivity index (χ1n) is 9.81. The Morgan fingerprint density at radius 1 is 1.10 bits per heavy atom. The van der Waals surface area contributed by atoms with Gasteiger partial charge in [-0.15, -0.1) is 5.10 Å². The number of tetrazole rings is 1. The van der Waals surface area contributed by atoms with Crippen LogP contribution < -0.4 is 4.74 Å². The number of benzene rings is 2. The predicted molar refractivity (Wildman–Crippen MR) is 108 cm³/mol. The van der Waals surface area contributed by atoms with Crippen molar-refractivity contribution in [2.75, 3.05) is 32.8 Å². The maximum Gasteiger partial charge on any atom is 0.260 e. The number of aryl methyl sites for hydroxylation is 1. The maximum atomic E-state index is 13.5. The molecule has 156 valence electrons. The van der Waals surface area contributed by atoms with Crippen molar-refractivity contribution in [2.24, 2.45) is 0 Å². The van der Waals surface area contributed by atoms with Gasteiger partial charge >= 0.3 is 0 Å². The van der Waals surface area contributed by atoms with E-state index in [1.165, 1.54) is 16.8 Å². The Kier molecular flexibility index (Phi) is 5.99. The number of carbonyl (C=O) groups excluding carboxylic acids is 1. The fourth-order valence-corrected chi connectivity index (χ4v) is 3.41. The van der Waals surface area contributed by atoms with Crippen molar-refractivity contribution < 1.29 is 13.9 Å². The molecule has 0 saturated carbocycles. The molecule has 0 bridgehead atoms. The van der Waals surface area contributed by atoms with Crippen LogP contribution in [0.2, 0.25) is 0 Å². The minimum atomic E-state index is -0.339. The topological polar surface area (TPSA) is 76.4 Å². The summed E-state index contributed by atoms with van der Waals surface area (Å²) in [5, 5.41) is 11.8. The number of ether oxygens (including phenoxy) is 1. The minimum absolute atomic E-state index is 0.0271. The van der Waals surface area contributed by atoms with Crippen LogP contribution in [-0.4, -0.2) is 68.7 Å². The second-order valence-corrected chi connectivity index (χ2v) is 7.25. The molecule has 8 nitrogen and oxygen atoms in total. The summed E-state index contributed by atoms with van der Waals surface area (Å²) in [5.41, 5.74) is 1.67. The molecule has 9 heteroatoms. The molecule has 3 aromatic rings. The molecule has 0 atom stereocenters. The molecule has 30 heavy (non-hydrogen) atoms. The van der Waals surface area contributed by atoms with Gasteiger partial charge in [0.2, 0.25) is 0 Å². The quantitative estimate of drug-likeness (QED) is 0.617. The van der Waals surface area contributed by atoms with Crippen molar-refractivity contribution in [3.63, 3.8) is 0 Å². The van der Waals surface area contributed by atoms with Gasteiger partial charge in [0.05, 0.1) is 12.2 Å². The van der Waals surface area contributed by atoms with E-state index in [0.29, 0.717) is 50.0 Å². The number of amides is 1. The number of hydrogen-bond acceptors (Lipinski definition) is 6. The average Bonchev–Trinajstić information content (AvgIpc) is 3.21. The third-order valence-corrected chi connectivity index (χ3v) is 5.03. The Morgan fingerprint density at radius 3 is 2.67 bits per heavy atom. The highest BCUT2D eigenvalue weighted by Gasteiger charge is 2.23. The zero-order valence-corrected chi connectivity index (χ0v) is 16.7. The minimum Gasteiger partial charge on any atom is -0.484 e. The number of aromatic nitrogens is 4. The molecular weight excluding hydrogens is 387 g/mol. The van der Waals surface area contributed by atoms with Crippen molar-refractivity contribution in [2.45, 2.75) is 13.5 Å². The zero-order chi connectivity index (χ0) is 20.9. The summed E-state index contributed by atoms with van der Waals surface area (Å²) in [4.78, 5) is 16.4. The number of rotatable bonds is 6. The first-order chi connectivity index (χ1) is 14.6. The second-order valence-electron chi connectivity index (χ2n) is 7.25. The highest BCUT2D eigenvalue weighted by molar-refractivity contribution is 5.77. The molecule has 1 fully saturated rings. The Balaban J connectivity index is 1.29. The molecule has 1 aromatic heterocycles. The molecule has 1 aliphatic rings. The lowest BCUT2D eigenvalue weighted by atomic mass is 10.2. The van der Waals surface area contributed by atoms with Crippen LogP contribution >= 0.6 is 0 Å². The van der Waals surface area contributed by atoms with E-state index in [-0.39, 0.29) is 18.3 Å². The van der Waals surface area contributed by atoms with Crippen molar-refractivity contribution in [1.82, 2.24) is 30.0 Å². The van der Waals surface area contributed by atoms with Gasteiger partial charge in [0.1, 0.15) is 11.6 Å². The number of nitrogens with zero attached hydrogens (tertiary/aromatic N) is 6. The standard InChI is InChI=1S/C21H23FN6O2/c1-16-4-2-7-19(12-16)30-15-21(29)27-10-8-26(9-11-27)14-20-23-24-25-28(20)18-6-3-5-17(22)13-18/h2-7,12-13H,8-11,14-15H2,1H3. The molecule has 0 spiro atoms. The summed E-state index contributed by atoms with van der Waals surface area (Å²) in [6, 6.07) is 13.8. The van der Waals surface area contributed by atoms with Crippen LogP contribution in [0.25, 0.3) is 5.69 Å². The fraction of sp³-hybridized carbons (Fsp3) is 0.333. The molecule has 1 saturated heterocycles. The summed E-state index contributed by atoms with van der Waals surface area (Å²) in [7, 11) is 0. The lowest BCUT2D eigenvalue weighted by Crippen LogP contribution is -2.49. The molecule has 0 unspecified atom stereocenters. The molecule has 0 N–H and O–H groups in total. The highest BCUT2D eigenvalue weighted by Crippen LogP contribution is 2.14. The molecule has 0 aliphatic carbocycles.